The van der Waals surface area contributed by atoms with Crippen molar-refractivity contribution in [3.05, 3.63) is 52.9 Å². The van der Waals surface area contributed by atoms with E-state index in [-0.39, 0.29) is 11.3 Å². The summed E-state index contributed by atoms with van der Waals surface area (Å²) in [4.78, 5) is 11.8. The molecule has 7 nitrogen and oxygen atoms in total. The molecule has 0 radical (unpaired) electrons. The van der Waals surface area contributed by atoms with E-state index in [9.17, 15) is 9.90 Å². The van der Waals surface area contributed by atoms with E-state index in [2.05, 4.69) is 15.3 Å². The molecule has 94 valence electrons. The fourth-order valence-corrected chi connectivity index (χ4v) is 1.64. The molecule has 1 N–H and O–H groups in total. The van der Waals surface area contributed by atoms with Gasteiger partial charge in [0.2, 0.25) is 0 Å². The number of rotatable bonds is 2. The first-order chi connectivity index (χ1) is 9.25. The Kier molecular flexibility index (Phi) is 2.57. The molecule has 0 aliphatic heterocycles. The lowest BCUT2D eigenvalue weighted by atomic mass is 10.1. The summed E-state index contributed by atoms with van der Waals surface area (Å²) in [7, 11) is 0. The Morgan fingerprint density at radius 3 is 2.79 bits per heavy atom. The molecule has 19 heavy (non-hydrogen) atoms. The largest absolute Gasteiger partial charge is 0.506 e. The Balaban J connectivity index is 2.16. The van der Waals surface area contributed by atoms with Gasteiger partial charge in [0.05, 0.1) is 11.6 Å². The average Bonchev–Trinajstić information content (AvgIpc) is 2.92. The summed E-state index contributed by atoms with van der Waals surface area (Å²) >= 11 is 0. The van der Waals surface area contributed by atoms with E-state index in [1.54, 1.807) is 24.3 Å². The molecule has 0 aliphatic carbocycles. The molecule has 2 heterocycles. The highest BCUT2D eigenvalue weighted by Gasteiger charge is 2.11. The van der Waals surface area contributed by atoms with Crippen LogP contribution in [0.5, 0.6) is 5.75 Å². The van der Waals surface area contributed by atoms with Crippen molar-refractivity contribution in [1.82, 2.24) is 14.9 Å². The number of para-hydroxylation sites is 1. The summed E-state index contributed by atoms with van der Waals surface area (Å²) < 4.78 is 6.40. The van der Waals surface area contributed by atoms with Gasteiger partial charge in [-0.05, 0) is 12.1 Å². The molecule has 1 aromatic carbocycles. The van der Waals surface area contributed by atoms with Gasteiger partial charge in [-0.2, -0.15) is 5.10 Å². The maximum Gasteiger partial charge on any atom is 0.349 e. The highest BCUT2D eigenvalue weighted by molar-refractivity contribution is 5.93. The molecule has 0 saturated carbocycles. The van der Waals surface area contributed by atoms with Crippen LogP contribution < -0.4 is 5.63 Å². The first-order valence-electron chi connectivity index (χ1n) is 5.39. The molecule has 0 bridgehead atoms. The third-order valence-electron chi connectivity index (χ3n) is 2.55. The highest BCUT2D eigenvalue weighted by atomic mass is 16.4. The molecule has 0 atom stereocenters. The predicted octanol–water partition coefficient (Wildman–Crippen LogP) is 0.972. The van der Waals surface area contributed by atoms with Crippen LogP contribution in [0.1, 0.15) is 5.56 Å². The minimum atomic E-state index is -0.659. The Morgan fingerprint density at radius 2 is 2.00 bits per heavy atom. The molecule has 0 fully saturated rings. The second-order valence-corrected chi connectivity index (χ2v) is 3.73. The van der Waals surface area contributed by atoms with Gasteiger partial charge in [0.15, 0.2) is 0 Å². The Morgan fingerprint density at radius 1 is 1.26 bits per heavy atom. The lowest BCUT2D eigenvalue weighted by Crippen LogP contribution is -2.07. The van der Waals surface area contributed by atoms with Gasteiger partial charge in [0.25, 0.3) is 0 Å². The molecule has 0 aliphatic rings. The van der Waals surface area contributed by atoms with Gasteiger partial charge in [-0.1, -0.05) is 12.1 Å². The van der Waals surface area contributed by atoms with Crippen LogP contribution >= 0.6 is 0 Å². The summed E-state index contributed by atoms with van der Waals surface area (Å²) in [5, 5.41) is 21.6. The summed E-state index contributed by atoms with van der Waals surface area (Å²) in [6, 6.07) is 6.72. The quantitative estimate of drug-likeness (QED) is 0.544. The molecule has 0 unspecified atom stereocenters. The smallest absolute Gasteiger partial charge is 0.349 e. The van der Waals surface area contributed by atoms with Crippen LogP contribution in [0.3, 0.4) is 0 Å². The van der Waals surface area contributed by atoms with Crippen molar-refractivity contribution >= 4 is 17.2 Å². The zero-order valence-electron chi connectivity index (χ0n) is 9.59. The topological polar surface area (TPSA) is 93.5 Å². The van der Waals surface area contributed by atoms with Crippen molar-refractivity contribution in [3.8, 4) is 5.75 Å². The molecule has 0 spiro atoms. The zero-order chi connectivity index (χ0) is 13.2. The van der Waals surface area contributed by atoms with E-state index in [4.69, 9.17) is 4.42 Å². The molecule has 7 heteroatoms. The van der Waals surface area contributed by atoms with Crippen LogP contribution in [0.15, 0.2) is 51.2 Å². The van der Waals surface area contributed by atoms with Crippen LogP contribution in [0, 0.1) is 0 Å². The maximum atomic E-state index is 11.8. The molecule has 0 amide bonds. The standard InChI is InChI=1S/C12H8N4O3/c17-11-8-3-1-2-4-10(8)19-12(18)9(11)5-15-16-6-13-14-7-16/h1-7,17H. The van der Waals surface area contributed by atoms with Gasteiger partial charge in [0, 0.05) is 0 Å². The van der Waals surface area contributed by atoms with Crippen molar-refractivity contribution < 1.29 is 9.52 Å². The van der Waals surface area contributed by atoms with Gasteiger partial charge in [-0.25, -0.2) is 9.47 Å². The van der Waals surface area contributed by atoms with Gasteiger partial charge in [-0.15, -0.1) is 10.2 Å². The highest BCUT2D eigenvalue weighted by Crippen LogP contribution is 2.24. The fraction of sp³-hybridized carbons (Fsp3) is 0. The van der Waals surface area contributed by atoms with Crippen molar-refractivity contribution in [2.75, 3.05) is 0 Å². The first kappa shape index (κ1) is 11.1. The normalized spacial score (nSPS) is 11.4. The zero-order valence-corrected chi connectivity index (χ0v) is 9.59. The molecule has 0 saturated heterocycles. The molecule has 3 rings (SSSR count). The Labute approximate surface area is 106 Å². The Bertz CT molecular complexity index is 805. The number of hydrogen-bond donors (Lipinski definition) is 1. The van der Waals surface area contributed by atoms with E-state index in [0.29, 0.717) is 11.0 Å². The second kappa shape index (κ2) is 4.37. The van der Waals surface area contributed by atoms with Gasteiger partial charge < -0.3 is 9.52 Å². The summed E-state index contributed by atoms with van der Waals surface area (Å²) in [5.41, 5.74) is -0.355. The second-order valence-electron chi connectivity index (χ2n) is 3.73. The number of fused-ring (bicyclic) bond motifs is 1. The van der Waals surface area contributed by atoms with Gasteiger partial charge in [-0.3, -0.25) is 0 Å². The third kappa shape index (κ3) is 1.97. The van der Waals surface area contributed by atoms with Crippen LogP contribution in [0.4, 0.5) is 0 Å². The van der Waals surface area contributed by atoms with Crippen LogP contribution in [-0.2, 0) is 0 Å². The lowest BCUT2D eigenvalue weighted by molar-refractivity contribution is 0.466. The predicted molar refractivity (Wildman–Crippen MR) is 67.2 cm³/mol. The summed E-state index contributed by atoms with van der Waals surface area (Å²) in [6.45, 7) is 0. The molecular weight excluding hydrogens is 248 g/mol. The van der Waals surface area contributed by atoms with E-state index in [0.717, 1.165) is 0 Å². The average molecular weight is 256 g/mol. The van der Waals surface area contributed by atoms with Crippen molar-refractivity contribution in [2.24, 2.45) is 5.10 Å². The van der Waals surface area contributed by atoms with Crippen LogP contribution in [0.25, 0.3) is 11.0 Å². The monoisotopic (exact) mass is 256 g/mol. The SMILES string of the molecule is O=c1oc2ccccc2c(O)c1C=Nn1cnnc1. The maximum absolute atomic E-state index is 11.8. The van der Waals surface area contributed by atoms with E-state index >= 15 is 0 Å². The number of aromatic nitrogens is 3. The number of aromatic hydroxyl groups is 1. The van der Waals surface area contributed by atoms with E-state index < -0.39 is 5.63 Å². The van der Waals surface area contributed by atoms with Gasteiger partial charge >= 0.3 is 5.63 Å². The summed E-state index contributed by atoms with van der Waals surface area (Å²) in [6.07, 6.45) is 3.92. The van der Waals surface area contributed by atoms with Crippen LogP contribution in [-0.4, -0.2) is 26.2 Å². The number of hydrogen-bond acceptors (Lipinski definition) is 6. The van der Waals surface area contributed by atoms with Crippen molar-refractivity contribution in [2.45, 2.75) is 0 Å². The van der Waals surface area contributed by atoms with Gasteiger partial charge in [0.1, 0.15) is 29.6 Å². The first-order valence-corrected chi connectivity index (χ1v) is 5.39. The van der Waals surface area contributed by atoms with Crippen LogP contribution in [0.2, 0.25) is 0 Å². The minimum absolute atomic E-state index is 0.0209. The van der Waals surface area contributed by atoms with Crippen molar-refractivity contribution in [3.63, 3.8) is 0 Å². The minimum Gasteiger partial charge on any atom is -0.506 e. The molecule has 3 aromatic rings. The number of benzene rings is 1. The fourth-order valence-electron chi connectivity index (χ4n) is 1.64. The molecule has 2 aromatic heterocycles. The molecular formula is C12H8N4O3. The van der Waals surface area contributed by atoms with E-state index in [1.807, 2.05) is 0 Å². The lowest BCUT2D eigenvalue weighted by Gasteiger charge is -2.01. The third-order valence-corrected chi connectivity index (χ3v) is 2.55. The summed E-state index contributed by atoms with van der Waals surface area (Å²) in [5.74, 6) is -0.163. The van der Waals surface area contributed by atoms with Crippen molar-refractivity contribution in [1.29, 1.82) is 0 Å². The Hall–Kier alpha value is -2.96. The number of nitrogens with zero attached hydrogens (tertiary/aromatic N) is 4. The van der Waals surface area contributed by atoms with E-state index in [1.165, 1.54) is 23.5 Å².